The molecule has 2 amide bonds. The summed E-state index contributed by atoms with van der Waals surface area (Å²) in [7, 11) is 0.143. The zero-order chi connectivity index (χ0) is 41.6. The highest BCUT2D eigenvalue weighted by molar-refractivity contribution is 7.92. The number of nitrogens with one attached hydrogen (secondary N) is 1. The number of piperazine rings is 1. The molecule has 3 fully saturated rings. The Kier molecular flexibility index (Phi) is 11.9. The maximum atomic E-state index is 14.9. The fourth-order valence-electron chi connectivity index (χ4n) is 10.4. The first-order valence-electron chi connectivity index (χ1n) is 21.8. The van der Waals surface area contributed by atoms with Crippen LogP contribution in [-0.4, -0.2) is 114 Å². The summed E-state index contributed by atoms with van der Waals surface area (Å²) in [5.41, 5.74) is 4.79. The maximum absolute atomic E-state index is 14.9. The van der Waals surface area contributed by atoms with Gasteiger partial charge in [-0.3, -0.25) is 24.1 Å². The van der Waals surface area contributed by atoms with Crippen molar-refractivity contribution in [2.24, 2.45) is 29.2 Å². The van der Waals surface area contributed by atoms with Gasteiger partial charge in [-0.2, -0.15) is 0 Å². The molecule has 0 radical (unpaired) electrons. The van der Waals surface area contributed by atoms with E-state index in [1.807, 2.05) is 42.8 Å². The second-order valence-electron chi connectivity index (χ2n) is 18.2. The third kappa shape index (κ3) is 8.55. The lowest BCUT2D eigenvalue weighted by molar-refractivity contribution is -0.0775. The second-order valence-corrected chi connectivity index (χ2v) is 20.7. The van der Waals surface area contributed by atoms with Gasteiger partial charge in [-0.15, -0.1) is 4.36 Å². The lowest BCUT2D eigenvalue weighted by atomic mass is 9.68. The molecule has 322 valence electrons. The van der Waals surface area contributed by atoms with Crippen molar-refractivity contribution in [2.75, 3.05) is 76.9 Å². The van der Waals surface area contributed by atoms with Crippen molar-refractivity contribution in [3.63, 3.8) is 0 Å². The molecule has 1 spiro atoms. The van der Waals surface area contributed by atoms with Crippen molar-refractivity contribution < 1.29 is 28.0 Å². The summed E-state index contributed by atoms with van der Waals surface area (Å²) in [5, 5.41) is 0.743. The molecule has 1 aromatic heterocycles. The summed E-state index contributed by atoms with van der Waals surface area (Å²) < 4.78 is 42.3. The number of nitrogens with zero attached hydrogens (tertiary/aromatic N) is 5. The number of fused-ring (bicyclic) bond motifs is 4. The minimum absolute atomic E-state index is 0.0145. The molecule has 1 unspecified atom stereocenters. The van der Waals surface area contributed by atoms with Crippen LogP contribution >= 0.6 is 11.6 Å². The molecule has 6 aliphatic rings. The lowest BCUT2D eigenvalue weighted by Gasteiger charge is -2.46. The SMILES string of the molecule is CO[C@H]1/C=C/C[C@H](C)CS(=O)(NC(=O)c2cc(CN3CCN(C4COC4)CC3)n(C)c2)=NC(=O)c2ccc3c(c2)N(C[C@@H]2CC[C@H]21)C[C@@]1(CCCc2cc(Cl)ccc21)CO3. The van der Waals surface area contributed by atoms with Crippen LogP contribution in [-0.2, 0) is 44.8 Å². The molecule has 2 aromatic carbocycles. The molecule has 4 aliphatic heterocycles. The zero-order valence-corrected chi connectivity index (χ0v) is 36.7. The number of ether oxygens (including phenoxy) is 3. The molecule has 2 aliphatic carbocycles. The number of carbonyl (C=O) groups excluding carboxylic acids is 2. The second kappa shape index (κ2) is 17.2. The van der Waals surface area contributed by atoms with E-state index in [9.17, 15) is 13.8 Å². The van der Waals surface area contributed by atoms with Crippen LogP contribution in [0.5, 0.6) is 5.75 Å². The van der Waals surface area contributed by atoms with Crippen LogP contribution in [0.4, 0.5) is 5.69 Å². The van der Waals surface area contributed by atoms with Gasteiger partial charge in [-0.05, 0) is 104 Å². The maximum Gasteiger partial charge on any atom is 0.286 e. The minimum atomic E-state index is -3.56. The van der Waals surface area contributed by atoms with E-state index >= 15 is 0 Å². The number of hydrogen-bond acceptors (Lipinski definition) is 9. The summed E-state index contributed by atoms with van der Waals surface area (Å²) in [6, 6.07) is 14.1. The van der Waals surface area contributed by atoms with Gasteiger partial charge in [0.15, 0.2) is 0 Å². The molecular formula is C46H59ClN6O6S. The topological polar surface area (TPSA) is 118 Å². The van der Waals surface area contributed by atoms with Crippen molar-refractivity contribution in [3.05, 3.63) is 93.8 Å². The predicted octanol–water partition coefficient (Wildman–Crippen LogP) is 6.26. The average molecular weight is 860 g/mol. The van der Waals surface area contributed by atoms with Crippen LogP contribution in [0.2, 0.25) is 5.02 Å². The highest BCUT2D eigenvalue weighted by Gasteiger charge is 2.44. The largest absolute Gasteiger partial charge is 0.490 e. The Morgan fingerprint density at radius 2 is 1.93 bits per heavy atom. The van der Waals surface area contributed by atoms with E-state index < -0.39 is 21.7 Å². The van der Waals surface area contributed by atoms with E-state index in [4.69, 9.17) is 25.8 Å². The highest BCUT2D eigenvalue weighted by atomic mass is 35.5. The van der Waals surface area contributed by atoms with Gasteiger partial charge in [0.2, 0.25) is 0 Å². The number of benzene rings is 2. The molecule has 1 saturated carbocycles. The fraction of sp³-hybridized carbons (Fsp3) is 0.565. The molecule has 2 saturated heterocycles. The van der Waals surface area contributed by atoms with E-state index in [1.54, 1.807) is 19.4 Å². The van der Waals surface area contributed by atoms with E-state index in [0.717, 1.165) is 101 Å². The third-order valence-electron chi connectivity index (χ3n) is 14.1. The number of aryl methyl sites for hydroxylation is 2. The molecule has 1 N–H and O–H groups in total. The van der Waals surface area contributed by atoms with E-state index in [1.165, 1.54) is 11.1 Å². The highest BCUT2D eigenvalue weighted by Crippen LogP contribution is 2.47. The van der Waals surface area contributed by atoms with E-state index in [2.05, 4.69) is 48.1 Å². The summed E-state index contributed by atoms with van der Waals surface area (Å²) in [5.74, 6) is 0.156. The minimum Gasteiger partial charge on any atom is -0.490 e. The van der Waals surface area contributed by atoms with Gasteiger partial charge < -0.3 is 23.7 Å². The molecule has 2 bridgehead atoms. The smallest absolute Gasteiger partial charge is 0.286 e. The molecule has 6 atom stereocenters. The number of carbonyl (C=O) groups is 2. The van der Waals surface area contributed by atoms with Crippen LogP contribution < -0.4 is 14.4 Å². The van der Waals surface area contributed by atoms with E-state index in [0.29, 0.717) is 54.3 Å². The molecule has 5 heterocycles. The van der Waals surface area contributed by atoms with Crippen molar-refractivity contribution in [1.82, 2.24) is 19.1 Å². The van der Waals surface area contributed by atoms with Gasteiger partial charge in [-0.25, -0.2) is 4.21 Å². The first kappa shape index (κ1) is 41.6. The number of allylic oxidation sites excluding steroid dienone is 1. The Morgan fingerprint density at radius 3 is 2.68 bits per heavy atom. The van der Waals surface area contributed by atoms with Crippen LogP contribution in [0.3, 0.4) is 0 Å². The Hall–Kier alpha value is -3.72. The lowest BCUT2D eigenvalue weighted by Crippen LogP contribution is -2.56. The van der Waals surface area contributed by atoms with Gasteiger partial charge >= 0.3 is 0 Å². The molecule has 60 heavy (non-hydrogen) atoms. The van der Waals surface area contributed by atoms with Gasteiger partial charge in [-0.1, -0.05) is 36.7 Å². The predicted molar refractivity (Wildman–Crippen MR) is 234 cm³/mol. The number of methoxy groups -OCH3 is 1. The standard InChI is InChI=1S/C46H59ClN6O6S/c1-31-6-4-8-42(57-3)39-12-9-34(39)24-53-29-46(15-5-7-32-20-36(47)11-13-40(32)46)30-59-43-14-10-33(22-41(43)53)44(54)48-60(56,28-31)49-45(55)35-21-37(50(2)23-35)25-51-16-18-52(19-17-51)38-26-58-27-38/h4,8,10-11,13-14,20-23,31,34,38-39,42H,5-7,9,12,15-19,24-30H2,1-3H3,(H,48,49,54,55,56)/b8-4+/t31-,34-,39+,42-,46-,60?/m0/s1. The number of amides is 2. The van der Waals surface area contributed by atoms with Crippen LogP contribution in [0, 0.1) is 17.8 Å². The Labute approximate surface area is 359 Å². The van der Waals surface area contributed by atoms with Crippen LogP contribution in [0.15, 0.2) is 65.2 Å². The average Bonchev–Trinajstić information content (AvgIpc) is 3.48. The number of aromatic nitrogens is 1. The molecule has 12 nitrogen and oxygen atoms in total. The van der Waals surface area contributed by atoms with Crippen molar-refractivity contribution in [3.8, 4) is 5.75 Å². The zero-order valence-electron chi connectivity index (χ0n) is 35.2. The molecular weight excluding hydrogens is 800 g/mol. The molecule has 3 aromatic rings. The first-order chi connectivity index (χ1) is 29.0. The van der Waals surface area contributed by atoms with Crippen molar-refractivity contribution >= 4 is 39.0 Å². The monoisotopic (exact) mass is 858 g/mol. The number of anilines is 1. The number of rotatable bonds is 6. The summed E-state index contributed by atoms with van der Waals surface area (Å²) >= 11 is 6.50. The van der Waals surface area contributed by atoms with Gasteiger partial charge in [0, 0.05) is 87.9 Å². The quantitative estimate of drug-likeness (QED) is 0.287. The van der Waals surface area contributed by atoms with Gasteiger partial charge in [0.25, 0.3) is 11.8 Å². The normalized spacial score (nSPS) is 30.8. The Morgan fingerprint density at radius 1 is 1.10 bits per heavy atom. The van der Waals surface area contributed by atoms with Crippen molar-refractivity contribution in [1.29, 1.82) is 0 Å². The number of hydrogen-bond donors (Lipinski definition) is 1. The molecule has 14 heteroatoms. The number of halogens is 1. The summed E-state index contributed by atoms with van der Waals surface area (Å²) in [4.78, 5) is 35.6. The Balaban J connectivity index is 1.01. The van der Waals surface area contributed by atoms with Crippen LogP contribution in [0.25, 0.3) is 0 Å². The fourth-order valence-corrected chi connectivity index (χ4v) is 12.5. The summed E-state index contributed by atoms with van der Waals surface area (Å²) in [6.45, 7) is 10.2. The van der Waals surface area contributed by atoms with Gasteiger partial charge in [0.1, 0.15) is 15.7 Å². The third-order valence-corrected chi connectivity index (χ3v) is 16.3. The van der Waals surface area contributed by atoms with Crippen LogP contribution in [0.1, 0.15) is 76.6 Å². The Bertz CT molecular complexity index is 2260. The molecule has 9 rings (SSSR count). The first-order valence-corrected chi connectivity index (χ1v) is 23.8. The van der Waals surface area contributed by atoms with Gasteiger partial charge in [0.05, 0.1) is 49.0 Å². The van der Waals surface area contributed by atoms with Crippen molar-refractivity contribution in [2.45, 2.75) is 69.6 Å². The van der Waals surface area contributed by atoms with E-state index in [-0.39, 0.29) is 23.2 Å². The summed E-state index contributed by atoms with van der Waals surface area (Å²) in [6.07, 6.45) is 11.7.